The molecule has 1 aliphatic carbocycles. The third-order valence-electron chi connectivity index (χ3n) is 7.87. The highest BCUT2D eigenvalue weighted by Gasteiger charge is 2.39. The summed E-state index contributed by atoms with van der Waals surface area (Å²) in [6.07, 6.45) is 5.39. The summed E-state index contributed by atoms with van der Waals surface area (Å²) in [6, 6.07) is -0.342. The van der Waals surface area contributed by atoms with Gasteiger partial charge >= 0.3 is 5.69 Å². The number of hydroxylamine groups is 1. The fourth-order valence-corrected chi connectivity index (χ4v) is 6.02. The molecule has 1 saturated heterocycles. The zero-order valence-electron chi connectivity index (χ0n) is 25.4. The number of carbonyl (C=O) groups is 2. The third kappa shape index (κ3) is 5.39. The fraction of sp³-hybridized carbons (Fsp3) is 0.355. The van der Waals surface area contributed by atoms with E-state index in [1.165, 1.54) is 18.5 Å². The molecule has 0 radical (unpaired) electrons. The van der Waals surface area contributed by atoms with Crippen molar-refractivity contribution in [2.75, 3.05) is 29.6 Å². The van der Waals surface area contributed by atoms with Gasteiger partial charge in [-0.05, 0) is 43.1 Å². The van der Waals surface area contributed by atoms with Gasteiger partial charge in [0.1, 0.15) is 23.7 Å². The summed E-state index contributed by atoms with van der Waals surface area (Å²) in [5, 5.41) is 12.0. The summed E-state index contributed by atoms with van der Waals surface area (Å²) >= 11 is 6.64. The molecule has 0 bridgehead atoms. The summed E-state index contributed by atoms with van der Waals surface area (Å²) in [4.78, 5) is 56.1. The molecule has 236 valence electrons. The van der Waals surface area contributed by atoms with Gasteiger partial charge in [0, 0.05) is 25.7 Å². The zero-order valence-corrected chi connectivity index (χ0v) is 26.1. The van der Waals surface area contributed by atoms with Gasteiger partial charge in [0.2, 0.25) is 11.7 Å². The Morgan fingerprint density at radius 3 is 2.29 bits per heavy atom. The predicted molar refractivity (Wildman–Crippen MR) is 166 cm³/mol. The summed E-state index contributed by atoms with van der Waals surface area (Å²) in [5.41, 5.74) is -0.845. The number of carbonyl (C=O) groups excluding carboxylic acids is 2. The van der Waals surface area contributed by atoms with Crippen LogP contribution in [0.2, 0.25) is 0 Å². The van der Waals surface area contributed by atoms with Crippen molar-refractivity contribution in [1.29, 1.82) is 0 Å². The molecule has 3 aliphatic rings. The number of fused-ring (bicyclic) bond motifs is 1. The molecule has 14 heteroatoms. The lowest BCUT2D eigenvalue weighted by atomic mass is 9.98. The minimum Gasteiger partial charge on any atom is -0.350 e. The molecule has 2 aliphatic heterocycles. The SMILES string of the molecule is C=CC(=O)N1CCN(c2nc(=O)n(-c3c(C(C)C)ncnc3C(C)C)c3c2C=C(Cl)/C(=C2/C(=O)C(F)=CC=C2F)N3O)[C@@H](C)C1. The number of rotatable bonds is 5. The Hall–Kier alpha value is -4.49. The van der Waals surface area contributed by atoms with Gasteiger partial charge in [0.15, 0.2) is 11.6 Å². The Morgan fingerprint density at radius 2 is 1.71 bits per heavy atom. The maximum Gasteiger partial charge on any atom is 0.355 e. The van der Waals surface area contributed by atoms with Crippen LogP contribution >= 0.6 is 11.6 Å². The molecule has 1 fully saturated rings. The standard InChI is InChI=1S/C31H32ClF2N7O4/c1-7-22(42)38-10-11-39(17(6)13-38)29-18-12-19(32)26(23-20(33)8-9-21(34)28(23)43)41(45)30(18)40(31(44)37-29)27-24(15(2)3)35-14-36-25(27)16(4)5/h7-9,12,14-17,45H,1,10-11,13H2,2-6H3/b26-23-/t17-/m0/s1. The predicted octanol–water partition coefficient (Wildman–Crippen LogP) is 4.82. The Bertz CT molecular complexity index is 1780. The van der Waals surface area contributed by atoms with E-state index < -0.39 is 34.4 Å². The van der Waals surface area contributed by atoms with Crippen LogP contribution in [0, 0.1) is 0 Å². The van der Waals surface area contributed by atoms with Gasteiger partial charge in [-0.2, -0.15) is 4.98 Å². The van der Waals surface area contributed by atoms with E-state index >= 15 is 4.39 Å². The van der Waals surface area contributed by atoms with Crippen molar-refractivity contribution in [2.24, 2.45) is 0 Å². The van der Waals surface area contributed by atoms with Crippen LogP contribution in [0.15, 0.2) is 63.9 Å². The second kappa shape index (κ2) is 12.1. The van der Waals surface area contributed by atoms with Gasteiger partial charge in [0.25, 0.3) is 0 Å². The zero-order chi connectivity index (χ0) is 32.9. The normalized spacial score (nSPS) is 20.3. The highest BCUT2D eigenvalue weighted by molar-refractivity contribution is 6.36. The van der Waals surface area contributed by atoms with Gasteiger partial charge in [-0.1, -0.05) is 45.9 Å². The molecular formula is C31H32ClF2N7O4. The lowest BCUT2D eigenvalue weighted by Crippen LogP contribution is -2.54. The largest absolute Gasteiger partial charge is 0.355 e. The Balaban J connectivity index is 1.85. The molecule has 0 unspecified atom stereocenters. The highest BCUT2D eigenvalue weighted by Crippen LogP contribution is 2.44. The molecule has 5 rings (SSSR count). The Labute approximate surface area is 263 Å². The number of allylic oxidation sites excluding steroid dienone is 6. The van der Waals surface area contributed by atoms with Crippen molar-refractivity contribution in [3.8, 4) is 5.69 Å². The third-order valence-corrected chi connectivity index (χ3v) is 8.16. The average Bonchev–Trinajstić information content (AvgIpc) is 2.99. The Kier molecular flexibility index (Phi) is 8.60. The minimum atomic E-state index is -1.33. The average molecular weight is 640 g/mol. The number of amides is 1. The first kappa shape index (κ1) is 31.9. The molecule has 2 aromatic rings. The number of anilines is 2. The summed E-state index contributed by atoms with van der Waals surface area (Å²) in [5.74, 6) is -4.47. The number of aromatic nitrogens is 4. The Morgan fingerprint density at radius 1 is 1.09 bits per heavy atom. The molecule has 1 amide bonds. The molecule has 0 spiro atoms. The first-order chi connectivity index (χ1) is 21.3. The quantitative estimate of drug-likeness (QED) is 0.458. The highest BCUT2D eigenvalue weighted by atomic mass is 35.5. The van der Waals surface area contributed by atoms with Crippen molar-refractivity contribution in [3.05, 3.63) is 86.5 Å². The molecule has 11 nitrogen and oxygen atoms in total. The molecule has 4 heterocycles. The van der Waals surface area contributed by atoms with Gasteiger partial charge in [-0.15, -0.1) is 0 Å². The van der Waals surface area contributed by atoms with Crippen LogP contribution in [0.25, 0.3) is 11.8 Å². The maximum absolute atomic E-state index is 15.2. The van der Waals surface area contributed by atoms with Crippen molar-refractivity contribution >= 4 is 41.0 Å². The van der Waals surface area contributed by atoms with Gasteiger partial charge in [0.05, 0.1) is 33.2 Å². The first-order valence-electron chi connectivity index (χ1n) is 14.4. The lowest BCUT2D eigenvalue weighted by Gasteiger charge is -2.41. The number of nitrogens with zero attached hydrogens (tertiary/aromatic N) is 7. The lowest BCUT2D eigenvalue weighted by molar-refractivity contribution is -0.126. The van der Waals surface area contributed by atoms with Crippen LogP contribution in [0.1, 0.15) is 63.4 Å². The summed E-state index contributed by atoms with van der Waals surface area (Å²) in [7, 11) is 0. The summed E-state index contributed by atoms with van der Waals surface area (Å²) < 4.78 is 30.7. The van der Waals surface area contributed by atoms with Gasteiger partial charge in [-0.25, -0.2) is 33.2 Å². The number of piperazine rings is 1. The molecule has 1 N–H and O–H groups in total. The van der Waals surface area contributed by atoms with Crippen LogP contribution < -0.4 is 15.7 Å². The number of Topliss-reactive ketones (excluding diaryl/α,β-unsaturated/α-hetero) is 1. The van der Waals surface area contributed by atoms with Crippen LogP contribution in [-0.2, 0) is 9.59 Å². The van der Waals surface area contributed by atoms with Crippen molar-refractivity contribution in [2.45, 2.75) is 52.5 Å². The topological polar surface area (TPSA) is 125 Å². The monoisotopic (exact) mass is 639 g/mol. The van der Waals surface area contributed by atoms with Crippen molar-refractivity contribution in [1.82, 2.24) is 24.4 Å². The van der Waals surface area contributed by atoms with E-state index in [4.69, 9.17) is 11.6 Å². The van der Waals surface area contributed by atoms with E-state index in [1.54, 1.807) is 9.80 Å². The van der Waals surface area contributed by atoms with E-state index in [0.29, 0.717) is 29.1 Å². The molecule has 0 aromatic carbocycles. The van der Waals surface area contributed by atoms with Crippen LogP contribution in [-0.4, -0.2) is 67.0 Å². The van der Waals surface area contributed by atoms with Crippen molar-refractivity contribution < 1.29 is 23.6 Å². The van der Waals surface area contributed by atoms with Gasteiger partial charge < -0.3 is 9.80 Å². The summed E-state index contributed by atoms with van der Waals surface area (Å²) in [6.45, 7) is 13.7. The number of hydrogen-bond acceptors (Lipinski definition) is 9. The van der Waals surface area contributed by atoms with Crippen LogP contribution in [0.5, 0.6) is 0 Å². The number of hydrogen-bond donors (Lipinski definition) is 1. The van der Waals surface area contributed by atoms with E-state index in [2.05, 4.69) is 21.5 Å². The van der Waals surface area contributed by atoms with E-state index in [9.17, 15) is 24.0 Å². The van der Waals surface area contributed by atoms with E-state index in [0.717, 1.165) is 10.6 Å². The fourth-order valence-electron chi connectivity index (χ4n) is 5.73. The van der Waals surface area contributed by atoms with Gasteiger partial charge in [-0.3, -0.25) is 14.8 Å². The van der Waals surface area contributed by atoms with Crippen LogP contribution in [0.4, 0.5) is 20.4 Å². The van der Waals surface area contributed by atoms with E-state index in [1.807, 2.05) is 34.6 Å². The van der Waals surface area contributed by atoms with Crippen molar-refractivity contribution in [3.63, 3.8) is 0 Å². The molecule has 0 saturated carbocycles. The first-order valence-corrected chi connectivity index (χ1v) is 14.7. The number of halogens is 3. The molecule has 2 aromatic heterocycles. The second-order valence-corrected chi connectivity index (χ2v) is 11.9. The van der Waals surface area contributed by atoms with E-state index in [-0.39, 0.29) is 64.8 Å². The number of ketones is 1. The second-order valence-electron chi connectivity index (χ2n) is 11.5. The molecule has 1 atom stereocenters. The minimum absolute atomic E-state index is 0.136. The van der Waals surface area contributed by atoms with Crippen LogP contribution in [0.3, 0.4) is 0 Å². The smallest absolute Gasteiger partial charge is 0.350 e. The molecule has 45 heavy (non-hydrogen) atoms. The maximum atomic E-state index is 15.2. The molecular weight excluding hydrogens is 608 g/mol.